The van der Waals surface area contributed by atoms with E-state index >= 15 is 0 Å². The van der Waals surface area contributed by atoms with E-state index in [-0.39, 0.29) is 6.04 Å². The molecular weight excluding hydrogens is 208 g/mol. The fraction of sp³-hybridized carbons (Fsp3) is 0.364. The summed E-state index contributed by atoms with van der Waals surface area (Å²) in [4.78, 5) is 4.54. The van der Waals surface area contributed by atoms with Crippen molar-refractivity contribution in [3.8, 4) is 0 Å². The van der Waals surface area contributed by atoms with Crippen molar-refractivity contribution in [1.29, 1.82) is 0 Å². The molecule has 0 saturated heterocycles. The van der Waals surface area contributed by atoms with Crippen molar-refractivity contribution >= 4 is 21.6 Å². The number of benzene rings is 1. The first kappa shape index (κ1) is 10.5. The molecule has 0 aliphatic rings. The number of fused-ring (bicyclic) bond motifs is 1. The van der Waals surface area contributed by atoms with Gasteiger partial charge in [0.15, 0.2) is 0 Å². The summed E-state index contributed by atoms with van der Waals surface area (Å²) in [6.07, 6.45) is 0. The largest absolute Gasteiger partial charge is 0.383 e. The van der Waals surface area contributed by atoms with E-state index in [4.69, 9.17) is 10.5 Å². The molecule has 15 heavy (non-hydrogen) atoms. The normalized spacial score (nSPS) is 13.3. The van der Waals surface area contributed by atoms with Crippen molar-refractivity contribution < 1.29 is 4.74 Å². The van der Waals surface area contributed by atoms with Crippen LogP contribution in [0, 0.1) is 6.92 Å². The van der Waals surface area contributed by atoms with Gasteiger partial charge in [-0.3, -0.25) is 0 Å². The first-order valence-electron chi connectivity index (χ1n) is 4.83. The summed E-state index contributed by atoms with van der Waals surface area (Å²) in [6, 6.07) is 6.06. The monoisotopic (exact) mass is 222 g/mol. The van der Waals surface area contributed by atoms with Crippen molar-refractivity contribution in [3.63, 3.8) is 0 Å². The van der Waals surface area contributed by atoms with Gasteiger partial charge >= 0.3 is 0 Å². The molecule has 0 spiro atoms. The predicted molar refractivity (Wildman–Crippen MR) is 63.2 cm³/mol. The zero-order valence-corrected chi connectivity index (χ0v) is 9.67. The Morgan fingerprint density at radius 2 is 2.33 bits per heavy atom. The molecule has 1 unspecified atom stereocenters. The number of thiazole rings is 1. The molecule has 80 valence electrons. The van der Waals surface area contributed by atoms with Gasteiger partial charge in [-0.15, -0.1) is 11.3 Å². The Morgan fingerprint density at radius 1 is 1.53 bits per heavy atom. The topological polar surface area (TPSA) is 48.1 Å². The molecule has 0 aliphatic carbocycles. The van der Waals surface area contributed by atoms with Gasteiger partial charge in [0.25, 0.3) is 0 Å². The first-order chi connectivity index (χ1) is 7.22. The van der Waals surface area contributed by atoms with Crippen molar-refractivity contribution in [1.82, 2.24) is 4.98 Å². The number of nitrogens with zero attached hydrogens (tertiary/aromatic N) is 1. The van der Waals surface area contributed by atoms with Gasteiger partial charge in [-0.1, -0.05) is 12.1 Å². The summed E-state index contributed by atoms with van der Waals surface area (Å²) in [6.45, 7) is 2.58. The van der Waals surface area contributed by atoms with Crippen LogP contribution in [-0.4, -0.2) is 18.7 Å². The second-order valence-electron chi connectivity index (χ2n) is 3.54. The number of hydrogen-bond acceptors (Lipinski definition) is 4. The van der Waals surface area contributed by atoms with Crippen LogP contribution in [0.15, 0.2) is 18.2 Å². The SMILES string of the molecule is COCC(N)c1nc2c(C)cccc2s1. The van der Waals surface area contributed by atoms with E-state index in [1.807, 2.05) is 6.07 Å². The van der Waals surface area contributed by atoms with Crippen LogP contribution in [0.5, 0.6) is 0 Å². The average molecular weight is 222 g/mol. The molecule has 2 aromatic rings. The van der Waals surface area contributed by atoms with Gasteiger partial charge in [-0.25, -0.2) is 4.98 Å². The maximum absolute atomic E-state index is 5.94. The zero-order valence-electron chi connectivity index (χ0n) is 8.86. The minimum absolute atomic E-state index is 0.119. The quantitative estimate of drug-likeness (QED) is 0.866. The summed E-state index contributed by atoms with van der Waals surface area (Å²) in [5, 5.41) is 0.946. The van der Waals surface area contributed by atoms with Crippen LogP contribution < -0.4 is 5.73 Å². The Kier molecular flexibility index (Phi) is 3.00. The van der Waals surface area contributed by atoms with Crippen molar-refractivity contribution in [2.24, 2.45) is 5.73 Å². The number of nitrogens with two attached hydrogens (primary N) is 1. The second kappa shape index (κ2) is 4.26. The molecule has 0 bridgehead atoms. The lowest BCUT2D eigenvalue weighted by molar-refractivity contribution is 0.181. The Bertz CT molecular complexity index is 467. The van der Waals surface area contributed by atoms with Crippen LogP contribution in [0.25, 0.3) is 10.2 Å². The van der Waals surface area contributed by atoms with Gasteiger partial charge in [0, 0.05) is 7.11 Å². The van der Waals surface area contributed by atoms with Gasteiger partial charge in [0.05, 0.1) is 22.9 Å². The highest BCUT2D eigenvalue weighted by Crippen LogP contribution is 2.27. The molecule has 1 atom stereocenters. The van der Waals surface area contributed by atoms with Crippen LogP contribution in [0.2, 0.25) is 0 Å². The van der Waals surface area contributed by atoms with E-state index in [1.54, 1.807) is 18.4 Å². The van der Waals surface area contributed by atoms with Crippen LogP contribution >= 0.6 is 11.3 Å². The Labute approximate surface area is 92.9 Å². The molecule has 3 nitrogen and oxygen atoms in total. The zero-order chi connectivity index (χ0) is 10.8. The van der Waals surface area contributed by atoms with E-state index < -0.39 is 0 Å². The van der Waals surface area contributed by atoms with Crippen molar-refractivity contribution in [3.05, 3.63) is 28.8 Å². The fourth-order valence-electron chi connectivity index (χ4n) is 1.51. The summed E-state index contributed by atoms with van der Waals surface area (Å²) < 4.78 is 6.22. The number of methoxy groups -OCH3 is 1. The van der Waals surface area contributed by atoms with E-state index in [1.165, 1.54) is 10.3 Å². The van der Waals surface area contributed by atoms with Crippen LogP contribution in [-0.2, 0) is 4.74 Å². The molecule has 2 rings (SSSR count). The van der Waals surface area contributed by atoms with E-state index in [0.29, 0.717) is 6.61 Å². The fourth-order valence-corrected chi connectivity index (χ4v) is 2.54. The summed E-state index contributed by atoms with van der Waals surface area (Å²) in [5.41, 5.74) is 8.20. The molecule has 0 fully saturated rings. The van der Waals surface area contributed by atoms with Crippen molar-refractivity contribution in [2.45, 2.75) is 13.0 Å². The van der Waals surface area contributed by atoms with E-state index in [9.17, 15) is 0 Å². The van der Waals surface area contributed by atoms with Gasteiger partial charge in [0.2, 0.25) is 0 Å². The van der Waals surface area contributed by atoms with Crippen LogP contribution in [0.1, 0.15) is 16.6 Å². The molecule has 2 N–H and O–H groups in total. The lowest BCUT2D eigenvalue weighted by Crippen LogP contribution is -2.15. The molecule has 0 saturated carbocycles. The number of para-hydroxylation sites is 1. The van der Waals surface area contributed by atoms with Gasteiger partial charge in [0.1, 0.15) is 5.01 Å². The maximum Gasteiger partial charge on any atom is 0.113 e. The smallest absolute Gasteiger partial charge is 0.113 e. The summed E-state index contributed by atoms with van der Waals surface area (Å²) in [5.74, 6) is 0. The van der Waals surface area contributed by atoms with Gasteiger partial charge < -0.3 is 10.5 Å². The highest BCUT2D eigenvalue weighted by molar-refractivity contribution is 7.18. The van der Waals surface area contributed by atoms with Gasteiger partial charge in [-0.05, 0) is 18.6 Å². The predicted octanol–water partition coefficient (Wildman–Crippen LogP) is 2.25. The number of hydrogen-bond donors (Lipinski definition) is 1. The molecule has 4 heteroatoms. The first-order valence-corrected chi connectivity index (χ1v) is 5.64. The maximum atomic E-state index is 5.94. The third-order valence-electron chi connectivity index (χ3n) is 2.30. The third kappa shape index (κ3) is 2.02. The van der Waals surface area contributed by atoms with E-state index in [2.05, 4.69) is 24.0 Å². The minimum Gasteiger partial charge on any atom is -0.383 e. The number of aryl methyl sites for hydroxylation is 1. The van der Waals surface area contributed by atoms with Crippen LogP contribution in [0.4, 0.5) is 0 Å². The van der Waals surface area contributed by atoms with Gasteiger partial charge in [-0.2, -0.15) is 0 Å². The summed E-state index contributed by atoms with van der Waals surface area (Å²) >= 11 is 1.64. The Hall–Kier alpha value is -0.970. The lowest BCUT2D eigenvalue weighted by Gasteiger charge is -2.04. The summed E-state index contributed by atoms with van der Waals surface area (Å²) in [7, 11) is 1.65. The molecule has 1 aromatic carbocycles. The third-order valence-corrected chi connectivity index (χ3v) is 3.45. The Balaban J connectivity index is 2.43. The standard InChI is InChI=1S/C11H14N2OS/c1-7-4-3-5-9-10(7)13-11(15-9)8(12)6-14-2/h3-5,8H,6,12H2,1-2H3. The Morgan fingerprint density at radius 3 is 3.00 bits per heavy atom. The number of aromatic nitrogens is 1. The highest BCUT2D eigenvalue weighted by Gasteiger charge is 2.12. The molecule has 0 radical (unpaired) electrons. The minimum atomic E-state index is -0.119. The molecule has 1 heterocycles. The van der Waals surface area contributed by atoms with Crippen LogP contribution in [0.3, 0.4) is 0 Å². The van der Waals surface area contributed by atoms with Crippen molar-refractivity contribution in [2.75, 3.05) is 13.7 Å². The molecule has 0 aliphatic heterocycles. The molecule has 0 amide bonds. The number of ether oxygens (including phenoxy) is 1. The highest BCUT2D eigenvalue weighted by atomic mass is 32.1. The number of rotatable bonds is 3. The molecular formula is C11H14N2OS. The molecule has 1 aromatic heterocycles. The van der Waals surface area contributed by atoms with E-state index in [0.717, 1.165) is 10.5 Å². The second-order valence-corrected chi connectivity index (χ2v) is 4.60. The average Bonchev–Trinajstić information content (AvgIpc) is 2.63. The lowest BCUT2D eigenvalue weighted by atomic mass is 10.2.